The van der Waals surface area contributed by atoms with Gasteiger partial charge in [0.1, 0.15) is 17.2 Å². The van der Waals surface area contributed by atoms with Crippen LogP contribution in [0.15, 0.2) is 64.6 Å². The molecule has 0 radical (unpaired) electrons. The number of hydrogen-bond acceptors (Lipinski definition) is 6. The Morgan fingerprint density at radius 1 is 1.22 bits per heavy atom. The minimum Gasteiger partial charge on any atom is -0.497 e. The monoisotopic (exact) mass is 451 g/mol. The van der Waals surface area contributed by atoms with Crippen molar-refractivity contribution in [3.8, 4) is 11.5 Å². The molecule has 0 unspecified atom stereocenters. The molecule has 32 heavy (non-hydrogen) atoms. The van der Waals surface area contributed by atoms with Crippen LogP contribution in [0.1, 0.15) is 5.56 Å². The highest BCUT2D eigenvalue weighted by Gasteiger charge is 2.34. The van der Waals surface area contributed by atoms with Gasteiger partial charge in [-0.05, 0) is 54.1 Å². The lowest BCUT2D eigenvalue weighted by Gasteiger charge is -2.16. The normalized spacial score (nSPS) is 16.3. The summed E-state index contributed by atoms with van der Waals surface area (Å²) in [6.07, 6.45) is 3.37. The fourth-order valence-electron chi connectivity index (χ4n) is 3.45. The number of nitrogens with one attached hydrogen (secondary N) is 1. The molecule has 1 aromatic heterocycles. The van der Waals surface area contributed by atoms with Crippen LogP contribution in [0.4, 0.5) is 5.69 Å². The molecule has 164 valence electrons. The number of aliphatic carboxylic acids is 1. The predicted molar refractivity (Wildman–Crippen MR) is 124 cm³/mol. The average molecular weight is 452 g/mol. The number of amidine groups is 1. The second-order valence-electron chi connectivity index (χ2n) is 6.95. The van der Waals surface area contributed by atoms with Crippen molar-refractivity contribution in [1.82, 2.24) is 9.88 Å². The van der Waals surface area contributed by atoms with Crippen LogP contribution in [0.2, 0.25) is 0 Å². The quantitative estimate of drug-likeness (QED) is 0.527. The summed E-state index contributed by atoms with van der Waals surface area (Å²) >= 11 is 1.04. The Bertz CT molecular complexity index is 1250. The summed E-state index contributed by atoms with van der Waals surface area (Å²) in [7, 11) is 3.16. The SMILES string of the molecule is COc1ccc2[nH]cc(CCN3C(=O)/C(=C\C(=O)O)SC3=Nc3ccccc3OC)c2c1. The Morgan fingerprint density at radius 2 is 2.03 bits per heavy atom. The number of aliphatic imine (C=N–C) groups is 1. The van der Waals surface area contributed by atoms with Crippen LogP contribution >= 0.6 is 11.8 Å². The van der Waals surface area contributed by atoms with Crippen LogP contribution in [0.5, 0.6) is 11.5 Å². The molecule has 9 heteroatoms. The van der Waals surface area contributed by atoms with Crippen LogP contribution in [0.3, 0.4) is 0 Å². The van der Waals surface area contributed by atoms with Gasteiger partial charge in [-0.15, -0.1) is 0 Å². The lowest BCUT2D eigenvalue weighted by Crippen LogP contribution is -2.31. The summed E-state index contributed by atoms with van der Waals surface area (Å²) in [5.41, 5.74) is 2.55. The highest BCUT2D eigenvalue weighted by Crippen LogP contribution is 2.35. The van der Waals surface area contributed by atoms with Gasteiger partial charge in [0.2, 0.25) is 0 Å². The van der Waals surface area contributed by atoms with Gasteiger partial charge < -0.3 is 19.6 Å². The van der Waals surface area contributed by atoms with Crippen molar-refractivity contribution >= 4 is 45.4 Å². The smallest absolute Gasteiger partial charge is 0.329 e. The molecule has 3 aromatic rings. The first kappa shape index (κ1) is 21.5. The number of methoxy groups -OCH3 is 2. The van der Waals surface area contributed by atoms with E-state index in [1.165, 1.54) is 4.90 Å². The zero-order chi connectivity index (χ0) is 22.7. The second kappa shape index (κ2) is 9.19. The molecule has 2 heterocycles. The number of carboxylic acids is 1. The number of carbonyl (C=O) groups is 2. The van der Waals surface area contributed by atoms with E-state index < -0.39 is 5.97 Å². The number of aromatic nitrogens is 1. The Labute approximate surface area is 188 Å². The molecule has 4 rings (SSSR count). The predicted octanol–water partition coefficient (Wildman–Crippen LogP) is 3.96. The van der Waals surface area contributed by atoms with E-state index in [0.717, 1.165) is 40.1 Å². The molecule has 0 bridgehead atoms. The van der Waals surface area contributed by atoms with E-state index in [1.54, 1.807) is 26.4 Å². The minimum atomic E-state index is -1.18. The van der Waals surface area contributed by atoms with Crippen LogP contribution in [0.25, 0.3) is 10.9 Å². The van der Waals surface area contributed by atoms with E-state index in [-0.39, 0.29) is 10.8 Å². The number of para-hydroxylation sites is 2. The van der Waals surface area contributed by atoms with Crippen molar-refractivity contribution < 1.29 is 24.2 Å². The summed E-state index contributed by atoms with van der Waals surface area (Å²) in [4.78, 5) is 33.6. The molecule has 2 aromatic carbocycles. The van der Waals surface area contributed by atoms with Gasteiger partial charge in [0.15, 0.2) is 5.17 Å². The molecular weight excluding hydrogens is 430 g/mol. The molecule has 0 saturated carbocycles. The molecule has 0 spiro atoms. The fourth-order valence-corrected chi connectivity index (χ4v) is 4.43. The maximum absolute atomic E-state index is 13.0. The number of H-pyrrole nitrogens is 1. The van der Waals surface area contributed by atoms with Gasteiger partial charge in [-0.25, -0.2) is 9.79 Å². The van der Waals surface area contributed by atoms with E-state index >= 15 is 0 Å². The zero-order valence-electron chi connectivity index (χ0n) is 17.5. The summed E-state index contributed by atoms with van der Waals surface area (Å²) < 4.78 is 10.7. The van der Waals surface area contributed by atoms with Crippen LogP contribution in [-0.2, 0) is 16.0 Å². The van der Waals surface area contributed by atoms with Crippen molar-refractivity contribution in [3.05, 3.63) is 65.2 Å². The molecule has 8 nitrogen and oxygen atoms in total. The molecule has 2 N–H and O–H groups in total. The number of nitrogens with zero attached hydrogens (tertiary/aromatic N) is 2. The van der Waals surface area contributed by atoms with Crippen molar-refractivity contribution in [1.29, 1.82) is 0 Å². The second-order valence-corrected chi connectivity index (χ2v) is 7.96. The Hall–Kier alpha value is -3.72. The number of rotatable bonds is 7. The molecule has 0 atom stereocenters. The number of ether oxygens (including phenoxy) is 2. The maximum Gasteiger partial charge on any atom is 0.329 e. The highest BCUT2D eigenvalue weighted by atomic mass is 32.2. The van der Waals surface area contributed by atoms with E-state index in [0.29, 0.717) is 29.6 Å². The first-order valence-corrected chi connectivity index (χ1v) is 10.6. The number of thioether (sulfide) groups is 1. The fraction of sp³-hybridized carbons (Fsp3) is 0.174. The Morgan fingerprint density at radius 3 is 2.78 bits per heavy atom. The van der Waals surface area contributed by atoms with E-state index in [9.17, 15) is 9.59 Å². The van der Waals surface area contributed by atoms with Crippen LogP contribution in [-0.4, -0.2) is 52.8 Å². The molecule has 1 saturated heterocycles. The first-order chi connectivity index (χ1) is 15.5. The van der Waals surface area contributed by atoms with Gasteiger partial charge in [0, 0.05) is 29.7 Å². The number of carbonyl (C=O) groups excluding carboxylic acids is 1. The van der Waals surface area contributed by atoms with Gasteiger partial charge in [-0.1, -0.05) is 12.1 Å². The average Bonchev–Trinajstić information content (AvgIpc) is 3.32. The molecule has 0 aliphatic carbocycles. The van der Waals surface area contributed by atoms with Crippen molar-refractivity contribution in [3.63, 3.8) is 0 Å². The molecular formula is C23H21N3O5S. The Balaban J connectivity index is 1.65. The zero-order valence-corrected chi connectivity index (χ0v) is 18.3. The summed E-state index contributed by atoms with van der Waals surface area (Å²) in [5.74, 6) is -0.254. The van der Waals surface area contributed by atoms with Crippen molar-refractivity contribution in [2.24, 2.45) is 4.99 Å². The lowest BCUT2D eigenvalue weighted by molar-refractivity contribution is -0.132. The van der Waals surface area contributed by atoms with Crippen LogP contribution < -0.4 is 9.47 Å². The number of fused-ring (bicyclic) bond motifs is 1. The van der Waals surface area contributed by atoms with Gasteiger partial charge in [-0.3, -0.25) is 9.69 Å². The summed E-state index contributed by atoms with van der Waals surface area (Å²) in [5, 5.41) is 10.6. The number of hydrogen-bond donors (Lipinski definition) is 2. The van der Waals surface area contributed by atoms with E-state index in [4.69, 9.17) is 14.6 Å². The summed E-state index contributed by atoms with van der Waals surface area (Å²) in [6.45, 7) is 0.334. The molecule has 1 amide bonds. The van der Waals surface area contributed by atoms with Crippen molar-refractivity contribution in [2.45, 2.75) is 6.42 Å². The third-order valence-corrected chi connectivity index (χ3v) is 6.03. The van der Waals surface area contributed by atoms with Gasteiger partial charge in [-0.2, -0.15) is 0 Å². The minimum absolute atomic E-state index is 0.117. The number of amides is 1. The number of carboxylic acid groups (broad SMARTS) is 1. The third kappa shape index (κ3) is 4.33. The van der Waals surface area contributed by atoms with Gasteiger partial charge in [0.05, 0.1) is 19.1 Å². The standard InChI is InChI=1S/C23H21N3O5S/c1-30-15-7-8-17-16(11-15)14(13-24-17)9-10-26-22(29)20(12-21(27)28)32-23(26)25-18-5-3-4-6-19(18)31-2/h3-8,11-13,24H,9-10H2,1-2H3,(H,27,28)/b20-12+,25-23?. The number of aromatic amines is 1. The molecule has 1 aliphatic heterocycles. The highest BCUT2D eigenvalue weighted by molar-refractivity contribution is 8.18. The number of benzene rings is 2. The molecule has 1 aliphatic rings. The van der Waals surface area contributed by atoms with E-state index in [2.05, 4.69) is 9.98 Å². The lowest BCUT2D eigenvalue weighted by atomic mass is 10.1. The van der Waals surface area contributed by atoms with E-state index in [1.807, 2.05) is 36.5 Å². The largest absolute Gasteiger partial charge is 0.497 e. The van der Waals surface area contributed by atoms with Gasteiger partial charge in [0.25, 0.3) is 5.91 Å². The first-order valence-electron chi connectivity index (χ1n) is 9.80. The molecule has 1 fully saturated rings. The van der Waals surface area contributed by atoms with Crippen molar-refractivity contribution in [2.75, 3.05) is 20.8 Å². The summed E-state index contributed by atoms with van der Waals surface area (Å²) in [6, 6.07) is 13.0. The van der Waals surface area contributed by atoms with Crippen LogP contribution in [0, 0.1) is 0 Å². The Kier molecular flexibility index (Phi) is 6.18. The maximum atomic E-state index is 13.0. The third-order valence-electron chi connectivity index (χ3n) is 5.02. The topological polar surface area (TPSA) is 104 Å². The van der Waals surface area contributed by atoms with Gasteiger partial charge >= 0.3 is 5.97 Å².